The van der Waals surface area contributed by atoms with E-state index in [4.69, 9.17) is 0 Å². The molecule has 116 valence electrons. The number of piperidine rings is 1. The molecule has 0 N–H and O–H groups in total. The Balaban J connectivity index is 2.28. The molecule has 1 aromatic rings. The number of sulfonamides is 1. The molecule has 1 aliphatic rings. The Kier molecular flexibility index (Phi) is 5.17. The summed E-state index contributed by atoms with van der Waals surface area (Å²) in [5, 5.41) is 0. The Bertz CT molecular complexity index is 590. The summed E-state index contributed by atoms with van der Waals surface area (Å²) in [7, 11) is -3.45. The van der Waals surface area contributed by atoms with Gasteiger partial charge in [-0.05, 0) is 38.3 Å². The summed E-state index contributed by atoms with van der Waals surface area (Å²) >= 11 is 0. The van der Waals surface area contributed by atoms with Gasteiger partial charge in [0.2, 0.25) is 10.0 Å². The third-order valence-electron chi connectivity index (χ3n) is 4.06. The second-order valence-corrected chi connectivity index (χ2v) is 7.53. The third-order valence-corrected chi connectivity index (χ3v) is 6.03. The minimum atomic E-state index is -3.45. The first-order valence-corrected chi connectivity index (χ1v) is 9.03. The Labute approximate surface area is 127 Å². The number of carbonyl (C=O) groups excluding carboxylic acids is 1. The standard InChI is InChI=1S/C16H23NO3S/c1-3-6-15-7-4-5-12-17(15)21(19,20)16-10-8-14(9-11-16)13(2)18/h8-11,15H,3-7,12H2,1-2H3. The molecule has 0 aromatic heterocycles. The van der Waals surface area contributed by atoms with Crippen LogP contribution >= 0.6 is 0 Å². The smallest absolute Gasteiger partial charge is 0.243 e. The van der Waals surface area contributed by atoms with Crippen LogP contribution in [-0.4, -0.2) is 31.1 Å². The maximum Gasteiger partial charge on any atom is 0.243 e. The van der Waals surface area contributed by atoms with Gasteiger partial charge in [0.15, 0.2) is 5.78 Å². The number of rotatable bonds is 5. The van der Waals surface area contributed by atoms with Gasteiger partial charge < -0.3 is 0 Å². The zero-order chi connectivity index (χ0) is 15.5. The van der Waals surface area contributed by atoms with Crippen LogP contribution in [0.5, 0.6) is 0 Å². The van der Waals surface area contributed by atoms with Crippen LogP contribution in [0.3, 0.4) is 0 Å². The maximum atomic E-state index is 12.8. The predicted octanol–water partition coefficient (Wildman–Crippen LogP) is 3.23. The molecule has 0 bridgehead atoms. The summed E-state index contributed by atoms with van der Waals surface area (Å²) < 4.78 is 27.2. The van der Waals surface area contributed by atoms with E-state index in [0.29, 0.717) is 12.1 Å². The van der Waals surface area contributed by atoms with E-state index in [1.807, 2.05) is 0 Å². The van der Waals surface area contributed by atoms with Crippen LogP contribution in [0.15, 0.2) is 29.2 Å². The lowest BCUT2D eigenvalue weighted by atomic mass is 10.0. The van der Waals surface area contributed by atoms with Crippen molar-refractivity contribution in [2.45, 2.75) is 56.9 Å². The molecule has 4 nitrogen and oxygen atoms in total. The average Bonchev–Trinajstić information content (AvgIpc) is 2.48. The fourth-order valence-corrected chi connectivity index (χ4v) is 4.63. The van der Waals surface area contributed by atoms with E-state index >= 15 is 0 Å². The van der Waals surface area contributed by atoms with Crippen LogP contribution in [0.2, 0.25) is 0 Å². The Morgan fingerprint density at radius 2 is 1.90 bits per heavy atom. The van der Waals surface area contributed by atoms with Gasteiger partial charge in [-0.15, -0.1) is 0 Å². The molecule has 0 saturated carbocycles. The van der Waals surface area contributed by atoms with Crippen LogP contribution in [-0.2, 0) is 10.0 Å². The number of nitrogens with zero attached hydrogens (tertiary/aromatic N) is 1. The molecule has 1 atom stereocenters. The van der Waals surface area contributed by atoms with Crippen molar-refractivity contribution in [1.82, 2.24) is 4.31 Å². The Morgan fingerprint density at radius 1 is 1.24 bits per heavy atom. The van der Waals surface area contributed by atoms with E-state index in [9.17, 15) is 13.2 Å². The molecular formula is C16H23NO3S. The van der Waals surface area contributed by atoms with Crippen LogP contribution in [0.1, 0.15) is 56.3 Å². The van der Waals surface area contributed by atoms with Gasteiger partial charge in [-0.3, -0.25) is 4.79 Å². The summed E-state index contributed by atoms with van der Waals surface area (Å²) in [6, 6.07) is 6.39. The predicted molar refractivity (Wildman–Crippen MR) is 82.9 cm³/mol. The van der Waals surface area contributed by atoms with Gasteiger partial charge >= 0.3 is 0 Å². The molecule has 0 radical (unpaired) electrons. The maximum absolute atomic E-state index is 12.8. The first-order chi connectivity index (χ1) is 9.96. The topological polar surface area (TPSA) is 54.5 Å². The van der Waals surface area contributed by atoms with Gasteiger partial charge in [0.25, 0.3) is 0 Å². The quantitative estimate of drug-likeness (QED) is 0.785. The highest BCUT2D eigenvalue weighted by atomic mass is 32.2. The van der Waals surface area contributed by atoms with E-state index in [1.54, 1.807) is 28.6 Å². The van der Waals surface area contributed by atoms with Crippen molar-refractivity contribution in [3.8, 4) is 0 Å². The fraction of sp³-hybridized carbons (Fsp3) is 0.562. The molecule has 1 saturated heterocycles. The van der Waals surface area contributed by atoms with Crippen LogP contribution in [0.25, 0.3) is 0 Å². The fourth-order valence-electron chi connectivity index (χ4n) is 2.91. The summed E-state index contributed by atoms with van der Waals surface area (Å²) in [5.74, 6) is -0.0548. The zero-order valence-corrected chi connectivity index (χ0v) is 13.5. The van der Waals surface area contributed by atoms with E-state index in [-0.39, 0.29) is 16.7 Å². The van der Waals surface area contributed by atoms with E-state index in [0.717, 1.165) is 32.1 Å². The molecule has 0 amide bonds. The summed E-state index contributed by atoms with van der Waals surface area (Å²) in [6.07, 6.45) is 4.86. The Morgan fingerprint density at radius 3 is 2.48 bits per heavy atom. The lowest BCUT2D eigenvalue weighted by molar-refractivity contribution is 0.101. The molecule has 1 fully saturated rings. The van der Waals surface area contributed by atoms with Crippen molar-refractivity contribution >= 4 is 15.8 Å². The summed E-state index contributed by atoms with van der Waals surface area (Å²) in [6.45, 7) is 4.16. The number of hydrogen-bond acceptors (Lipinski definition) is 3. The van der Waals surface area contributed by atoms with Crippen molar-refractivity contribution < 1.29 is 13.2 Å². The van der Waals surface area contributed by atoms with Crippen molar-refractivity contribution in [1.29, 1.82) is 0 Å². The van der Waals surface area contributed by atoms with Gasteiger partial charge in [0, 0.05) is 18.2 Å². The SMILES string of the molecule is CCCC1CCCCN1S(=O)(=O)c1ccc(C(C)=O)cc1. The van der Waals surface area contributed by atoms with Gasteiger partial charge in [-0.1, -0.05) is 31.9 Å². The van der Waals surface area contributed by atoms with Gasteiger partial charge in [-0.2, -0.15) is 4.31 Å². The molecule has 0 aliphatic carbocycles. The number of benzene rings is 1. The summed E-state index contributed by atoms with van der Waals surface area (Å²) in [5.41, 5.74) is 0.540. The van der Waals surface area contributed by atoms with Crippen molar-refractivity contribution in [2.75, 3.05) is 6.54 Å². The van der Waals surface area contributed by atoms with E-state index in [2.05, 4.69) is 6.92 Å². The molecule has 1 aromatic carbocycles. The second-order valence-electron chi connectivity index (χ2n) is 5.63. The molecule has 1 unspecified atom stereocenters. The number of ketones is 1. The third kappa shape index (κ3) is 3.52. The van der Waals surface area contributed by atoms with E-state index in [1.165, 1.54) is 6.92 Å². The minimum Gasteiger partial charge on any atom is -0.295 e. The van der Waals surface area contributed by atoms with Crippen LogP contribution in [0.4, 0.5) is 0 Å². The van der Waals surface area contributed by atoms with Gasteiger partial charge in [0.05, 0.1) is 4.90 Å². The average molecular weight is 309 g/mol. The van der Waals surface area contributed by atoms with Crippen molar-refractivity contribution in [2.24, 2.45) is 0 Å². The molecular weight excluding hydrogens is 286 g/mol. The molecule has 1 heterocycles. The first kappa shape index (κ1) is 16.2. The first-order valence-electron chi connectivity index (χ1n) is 7.59. The number of hydrogen-bond donors (Lipinski definition) is 0. The van der Waals surface area contributed by atoms with Crippen molar-refractivity contribution in [3.05, 3.63) is 29.8 Å². The molecule has 21 heavy (non-hydrogen) atoms. The minimum absolute atomic E-state index is 0.0548. The Hall–Kier alpha value is -1.20. The van der Waals surface area contributed by atoms with Crippen LogP contribution < -0.4 is 0 Å². The summed E-state index contributed by atoms with van der Waals surface area (Å²) in [4.78, 5) is 11.6. The lowest BCUT2D eigenvalue weighted by Gasteiger charge is -2.34. The highest BCUT2D eigenvalue weighted by molar-refractivity contribution is 7.89. The van der Waals surface area contributed by atoms with Gasteiger partial charge in [0.1, 0.15) is 0 Å². The molecule has 1 aliphatic heterocycles. The lowest BCUT2D eigenvalue weighted by Crippen LogP contribution is -2.43. The van der Waals surface area contributed by atoms with Crippen molar-refractivity contribution in [3.63, 3.8) is 0 Å². The van der Waals surface area contributed by atoms with Crippen LogP contribution in [0, 0.1) is 0 Å². The monoisotopic (exact) mass is 309 g/mol. The zero-order valence-electron chi connectivity index (χ0n) is 12.7. The highest BCUT2D eigenvalue weighted by Gasteiger charge is 2.32. The normalized spacial score (nSPS) is 20.4. The number of carbonyl (C=O) groups is 1. The second kappa shape index (κ2) is 6.71. The number of Topliss-reactive ketones (excluding diaryl/α,β-unsaturated/α-hetero) is 1. The molecule has 2 rings (SSSR count). The van der Waals surface area contributed by atoms with Gasteiger partial charge in [-0.25, -0.2) is 8.42 Å². The molecule has 5 heteroatoms. The highest BCUT2D eigenvalue weighted by Crippen LogP contribution is 2.27. The molecule has 0 spiro atoms. The van der Waals surface area contributed by atoms with E-state index < -0.39 is 10.0 Å². The largest absolute Gasteiger partial charge is 0.295 e.